The Hall–Kier alpha value is -1.49. The average molecular weight is 275 g/mol. The van der Waals surface area contributed by atoms with Crippen molar-refractivity contribution >= 4 is 17.4 Å². The van der Waals surface area contributed by atoms with Crippen molar-refractivity contribution in [2.24, 2.45) is 0 Å². The Morgan fingerprint density at radius 1 is 1.42 bits per heavy atom. The number of fused-ring (bicyclic) bond motifs is 1. The molecule has 0 amide bonds. The van der Waals surface area contributed by atoms with Crippen molar-refractivity contribution < 1.29 is 4.52 Å². The summed E-state index contributed by atoms with van der Waals surface area (Å²) in [6.45, 7) is 3.19. The fourth-order valence-corrected chi connectivity index (χ4v) is 2.91. The molecule has 0 unspecified atom stereocenters. The number of nitrogens with zero attached hydrogens (tertiary/aromatic N) is 2. The highest BCUT2D eigenvalue weighted by molar-refractivity contribution is 7.98. The van der Waals surface area contributed by atoms with Crippen LogP contribution in [-0.4, -0.2) is 22.4 Å². The molecule has 100 valence electrons. The second kappa shape index (κ2) is 5.65. The van der Waals surface area contributed by atoms with Gasteiger partial charge in [-0.3, -0.25) is 0 Å². The zero-order valence-electron chi connectivity index (χ0n) is 11.0. The van der Waals surface area contributed by atoms with Gasteiger partial charge in [-0.1, -0.05) is 12.1 Å². The van der Waals surface area contributed by atoms with Gasteiger partial charge in [-0.15, -0.1) is 0 Å². The molecule has 1 aromatic heterocycles. The summed E-state index contributed by atoms with van der Waals surface area (Å²) in [5.41, 5.74) is 3.57. The third-order valence-electron chi connectivity index (χ3n) is 3.11. The minimum atomic E-state index is 0.627. The number of anilines is 1. The standard InChI is InChI=1S/C14H17N3OS/c1-2-7-19-9-13-16-14(18-17-13)11-3-4-12-10(8-11)5-6-15-12/h3-4,8,15H,2,5-7,9H2,1H3. The Kier molecular flexibility index (Phi) is 3.73. The lowest BCUT2D eigenvalue weighted by Gasteiger charge is -2.00. The number of aromatic nitrogens is 2. The maximum atomic E-state index is 5.35. The quantitative estimate of drug-likeness (QED) is 0.848. The molecular weight excluding hydrogens is 258 g/mol. The molecule has 0 saturated heterocycles. The molecule has 0 radical (unpaired) electrons. The molecule has 3 rings (SSSR count). The molecule has 0 aliphatic carbocycles. The highest BCUT2D eigenvalue weighted by Crippen LogP contribution is 2.28. The van der Waals surface area contributed by atoms with Crippen LogP contribution in [0, 0.1) is 0 Å². The summed E-state index contributed by atoms with van der Waals surface area (Å²) >= 11 is 1.84. The zero-order chi connectivity index (χ0) is 13.1. The first kappa shape index (κ1) is 12.5. The largest absolute Gasteiger partial charge is 0.384 e. The van der Waals surface area contributed by atoms with E-state index in [-0.39, 0.29) is 0 Å². The Bertz CT molecular complexity index is 568. The predicted molar refractivity (Wildman–Crippen MR) is 78.4 cm³/mol. The number of benzene rings is 1. The molecule has 1 aliphatic rings. The average Bonchev–Trinajstić information content (AvgIpc) is 3.06. The van der Waals surface area contributed by atoms with Gasteiger partial charge in [0.1, 0.15) is 0 Å². The third-order valence-corrected chi connectivity index (χ3v) is 4.27. The number of hydrogen-bond acceptors (Lipinski definition) is 5. The van der Waals surface area contributed by atoms with E-state index in [1.165, 1.54) is 17.7 Å². The van der Waals surface area contributed by atoms with Gasteiger partial charge < -0.3 is 9.84 Å². The zero-order valence-corrected chi connectivity index (χ0v) is 11.8. The van der Waals surface area contributed by atoms with Gasteiger partial charge in [0.05, 0.1) is 5.75 Å². The van der Waals surface area contributed by atoms with E-state index < -0.39 is 0 Å². The van der Waals surface area contributed by atoms with Crippen LogP contribution in [0.3, 0.4) is 0 Å². The minimum absolute atomic E-state index is 0.627. The summed E-state index contributed by atoms with van der Waals surface area (Å²) in [4.78, 5) is 4.46. The molecule has 0 atom stereocenters. The van der Waals surface area contributed by atoms with Crippen molar-refractivity contribution in [1.29, 1.82) is 0 Å². The molecule has 5 heteroatoms. The van der Waals surface area contributed by atoms with Crippen molar-refractivity contribution in [3.8, 4) is 11.5 Å². The van der Waals surface area contributed by atoms with E-state index in [0.717, 1.165) is 35.9 Å². The summed E-state index contributed by atoms with van der Waals surface area (Å²) < 4.78 is 5.35. The van der Waals surface area contributed by atoms with Gasteiger partial charge in [0, 0.05) is 17.8 Å². The van der Waals surface area contributed by atoms with Crippen molar-refractivity contribution in [2.75, 3.05) is 17.6 Å². The van der Waals surface area contributed by atoms with Crippen LogP contribution in [0.5, 0.6) is 0 Å². The fraction of sp³-hybridized carbons (Fsp3) is 0.429. The molecule has 1 aromatic carbocycles. The van der Waals surface area contributed by atoms with E-state index >= 15 is 0 Å². The predicted octanol–water partition coefficient (Wildman–Crippen LogP) is 3.35. The normalized spacial score (nSPS) is 13.3. The molecule has 19 heavy (non-hydrogen) atoms. The Labute approximate surface area is 117 Å². The number of nitrogens with one attached hydrogen (secondary N) is 1. The molecule has 0 spiro atoms. The lowest BCUT2D eigenvalue weighted by Crippen LogP contribution is -1.90. The van der Waals surface area contributed by atoms with Crippen LogP contribution in [0.4, 0.5) is 5.69 Å². The Balaban J connectivity index is 1.75. The highest BCUT2D eigenvalue weighted by atomic mass is 32.2. The van der Waals surface area contributed by atoms with Gasteiger partial charge in [0.25, 0.3) is 5.89 Å². The van der Waals surface area contributed by atoms with E-state index in [1.807, 2.05) is 17.8 Å². The van der Waals surface area contributed by atoms with Crippen molar-refractivity contribution in [3.63, 3.8) is 0 Å². The third kappa shape index (κ3) is 2.76. The number of hydrogen-bond donors (Lipinski definition) is 1. The molecule has 0 fully saturated rings. The maximum Gasteiger partial charge on any atom is 0.257 e. The van der Waals surface area contributed by atoms with Crippen LogP contribution in [0.1, 0.15) is 24.7 Å². The monoisotopic (exact) mass is 275 g/mol. The summed E-state index contributed by atoms with van der Waals surface area (Å²) in [5, 5.41) is 7.38. The fourth-order valence-electron chi connectivity index (χ4n) is 2.18. The summed E-state index contributed by atoms with van der Waals surface area (Å²) in [5.74, 6) is 3.37. The molecule has 1 N–H and O–H groups in total. The second-order valence-electron chi connectivity index (χ2n) is 4.62. The van der Waals surface area contributed by atoms with Gasteiger partial charge in [-0.05, 0) is 42.4 Å². The summed E-state index contributed by atoms with van der Waals surface area (Å²) in [6, 6.07) is 6.27. The van der Waals surface area contributed by atoms with Crippen LogP contribution in [0.15, 0.2) is 22.7 Å². The first-order chi connectivity index (χ1) is 9.36. The first-order valence-corrected chi connectivity index (χ1v) is 7.80. The molecule has 0 saturated carbocycles. The molecular formula is C14H17N3OS. The number of rotatable bonds is 5. The second-order valence-corrected chi connectivity index (χ2v) is 5.72. The van der Waals surface area contributed by atoms with E-state index in [0.29, 0.717) is 5.89 Å². The number of thioether (sulfide) groups is 1. The first-order valence-electron chi connectivity index (χ1n) is 6.64. The van der Waals surface area contributed by atoms with Gasteiger partial charge in [-0.25, -0.2) is 0 Å². The van der Waals surface area contributed by atoms with E-state index in [2.05, 4.69) is 34.5 Å². The lowest BCUT2D eigenvalue weighted by atomic mass is 10.1. The highest BCUT2D eigenvalue weighted by Gasteiger charge is 2.14. The minimum Gasteiger partial charge on any atom is -0.384 e. The van der Waals surface area contributed by atoms with Crippen molar-refractivity contribution in [2.45, 2.75) is 25.5 Å². The molecule has 4 nitrogen and oxygen atoms in total. The van der Waals surface area contributed by atoms with Crippen LogP contribution < -0.4 is 5.32 Å². The molecule has 0 bridgehead atoms. The van der Waals surface area contributed by atoms with Crippen molar-refractivity contribution in [1.82, 2.24) is 10.1 Å². The van der Waals surface area contributed by atoms with Gasteiger partial charge in [0.2, 0.25) is 0 Å². The lowest BCUT2D eigenvalue weighted by molar-refractivity contribution is 0.425. The SMILES string of the molecule is CCCSCc1noc(-c2ccc3c(c2)CCN3)n1. The van der Waals surface area contributed by atoms with E-state index in [1.54, 1.807) is 0 Å². The van der Waals surface area contributed by atoms with Gasteiger partial charge in [0.15, 0.2) is 5.82 Å². The maximum absolute atomic E-state index is 5.35. The van der Waals surface area contributed by atoms with Crippen LogP contribution >= 0.6 is 11.8 Å². The van der Waals surface area contributed by atoms with Crippen LogP contribution in [-0.2, 0) is 12.2 Å². The smallest absolute Gasteiger partial charge is 0.257 e. The topological polar surface area (TPSA) is 51.0 Å². The molecule has 2 aromatic rings. The van der Waals surface area contributed by atoms with Gasteiger partial charge in [-0.2, -0.15) is 16.7 Å². The van der Waals surface area contributed by atoms with Crippen molar-refractivity contribution in [3.05, 3.63) is 29.6 Å². The van der Waals surface area contributed by atoms with Crippen LogP contribution in [0.25, 0.3) is 11.5 Å². The Morgan fingerprint density at radius 2 is 2.37 bits per heavy atom. The van der Waals surface area contributed by atoms with E-state index in [4.69, 9.17) is 4.52 Å². The molecule has 2 heterocycles. The van der Waals surface area contributed by atoms with Gasteiger partial charge >= 0.3 is 0 Å². The molecule has 1 aliphatic heterocycles. The van der Waals surface area contributed by atoms with Crippen LogP contribution in [0.2, 0.25) is 0 Å². The Morgan fingerprint density at radius 3 is 3.26 bits per heavy atom. The summed E-state index contributed by atoms with van der Waals surface area (Å²) in [6.07, 6.45) is 2.24. The summed E-state index contributed by atoms with van der Waals surface area (Å²) in [7, 11) is 0. The van der Waals surface area contributed by atoms with E-state index in [9.17, 15) is 0 Å².